The molecule has 2 aromatic rings. The largest absolute Gasteiger partial charge is 0.356 e. The van der Waals surface area contributed by atoms with Crippen LogP contribution in [0.25, 0.3) is 11.0 Å². The number of anilines is 1. The molecule has 4 N–H and O–H groups in total. The molecule has 7 heteroatoms. The predicted molar refractivity (Wildman–Crippen MR) is 114 cm³/mol. The van der Waals surface area contributed by atoms with Crippen LogP contribution in [-0.2, 0) is 4.79 Å². The molecule has 0 saturated heterocycles. The molecule has 1 saturated carbocycles. The number of guanidine groups is 1. The number of hydrogen-bond donors (Lipinski definition) is 4. The quantitative estimate of drug-likeness (QED) is 0.335. The summed E-state index contributed by atoms with van der Waals surface area (Å²) in [7, 11) is 1.81. The highest BCUT2D eigenvalue weighted by Gasteiger charge is 2.26. The Labute approximate surface area is 166 Å². The highest BCUT2D eigenvalue weighted by molar-refractivity contribution is 6.00. The average molecular weight is 385 g/mol. The van der Waals surface area contributed by atoms with Gasteiger partial charge < -0.3 is 20.9 Å². The lowest BCUT2D eigenvalue weighted by Crippen LogP contribution is -2.41. The molecular formula is C21H32N6O. The highest BCUT2D eigenvalue weighted by Crippen LogP contribution is 2.30. The van der Waals surface area contributed by atoms with Gasteiger partial charge in [0.05, 0.1) is 5.69 Å². The molecule has 0 atom stereocenters. The third-order valence-corrected chi connectivity index (χ3v) is 5.54. The van der Waals surface area contributed by atoms with Crippen molar-refractivity contribution in [3.8, 4) is 0 Å². The van der Waals surface area contributed by atoms with Crippen LogP contribution in [0.3, 0.4) is 0 Å². The van der Waals surface area contributed by atoms with E-state index in [-0.39, 0.29) is 11.8 Å². The average Bonchev–Trinajstić information content (AvgIpc) is 3.21. The Hall–Kier alpha value is -2.57. The smallest absolute Gasteiger partial charge is 0.227 e. The second kappa shape index (κ2) is 10.1. The number of carbonyl (C=O) groups is 1. The van der Waals surface area contributed by atoms with Crippen LogP contribution < -0.4 is 16.0 Å². The zero-order chi connectivity index (χ0) is 19.8. The summed E-state index contributed by atoms with van der Waals surface area (Å²) in [5, 5.41) is 10.8. The first-order chi connectivity index (χ1) is 13.7. The molecule has 28 heavy (non-hydrogen) atoms. The van der Waals surface area contributed by atoms with Crippen molar-refractivity contribution in [3.63, 3.8) is 0 Å². The molecule has 0 unspecified atom stereocenters. The molecule has 0 bridgehead atoms. The van der Waals surface area contributed by atoms with Gasteiger partial charge in [-0.05, 0) is 50.2 Å². The minimum absolute atomic E-state index is 0.0837. The first kappa shape index (κ1) is 20.2. The van der Waals surface area contributed by atoms with Crippen LogP contribution >= 0.6 is 0 Å². The number of hydrogen-bond acceptors (Lipinski definition) is 3. The molecule has 2 heterocycles. The van der Waals surface area contributed by atoms with E-state index in [1.807, 2.05) is 25.4 Å². The van der Waals surface area contributed by atoms with Gasteiger partial charge in [0, 0.05) is 43.8 Å². The number of nitrogens with zero attached hydrogens (tertiary/aromatic N) is 2. The van der Waals surface area contributed by atoms with Gasteiger partial charge in [0.25, 0.3) is 0 Å². The van der Waals surface area contributed by atoms with Crippen LogP contribution in [0.15, 0.2) is 29.5 Å². The van der Waals surface area contributed by atoms with Crippen molar-refractivity contribution in [3.05, 3.63) is 24.5 Å². The number of aliphatic imine (C=N–C) groups is 1. The van der Waals surface area contributed by atoms with Gasteiger partial charge in [-0.25, -0.2) is 4.98 Å². The fourth-order valence-corrected chi connectivity index (χ4v) is 3.78. The van der Waals surface area contributed by atoms with E-state index in [0.717, 1.165) is 67.9 Å². The molecule has 0 spiro atoms. The molecule has 1 fully saturated rings. The zero-order valence-corrected chi connectivity index (χ0v) is 16.9. The van der Waals surface area contributed by atoms with E-state index < -0.39 is 0 Å². The lowest BCUT2D eigenvalue weighted by Gasteiger charge is -2.28. The molecule has 7 nitrogen and oxygen atoms in total. The molecule has 1 amide bonds. The van der Waals surface area contributed by atoms with E-state index in [1.165, 1.54) is 6.42 Å². The third-order valence-electron chi connectivity index (χ3n) is 5.54. The summed E-state index contributed by atoms with van der Waals surface area (Å²) in [6.45, 7) is 4.04. The molecular weight excluding hydrogens is 352 g/mol. The molecule has 0 aromatic carbocycles. The summed E-state index contributed by atoms with van der Waals surface area (Å²) in [6, 6.07) is 3.81. The van der Waals surface area contributed by atoms with Crippen molar-refractivity contribution in [2.45, 2.75) is 45.4 Å². The first-order valence-electron chi connectivity index (χ1n) is 10.4. The van der Waals surface area contributed by atoms with Gasteiger partial charge in [-0.1, -0.05) is 13.3 Å². The van der Waals surface area contributed by atoms with Crippen molar-refractivity contribution < 1.29 is 4.79 Å². The summed E-state index contributed by atoms with van der Waals surface area (Å²) in [4.78, 5) is 24.3. The standard InChI is InChI=1S/C21H32N6O/c1-3-4-11-25-21(22-2)26-14-15-5-7-16(8-6-15)20(28)27-18-10-13-24-19-17(18)9-12-23-19/h9-10,12-13,15-16H,3-8,11,14H2,1-2H3,(H2,22,25,26)(H2,23,24,27,28). The van der Waals surface area contributed by atoms with Gasteiger partial charge >= 0.3 is 0 Å². The maximum Gasteiger partial charge on any atom is 0.227 e. The van der Waals surface area contributed by atoms with Gasteiger partial charge in [0.15, 0.2) is 5.96 Å². The number of aromatic nitrogens is 2. The van der Waals surface area contributed by atoms with Gasteiger partial charge in [-0.3, -0.25) is 9.79 Å². The Bertz CT molecular complexity index is 791. The Morgan fingerprint density at radius 3 is 2.82 bits per heavy atom. The van der Waals surface area contributed by atoms with Crippen LogP contribution in [0, 0.1) is 11.8 Å². The number of rotatable bonds is 7. The number of amides is 1. The Kier molecular flexibility index (Phi) is 7.28. The molecule has 0 radical (unpaired) electrons. The number of aromatic amines is 1. The highest BCUT2D eigenvalue weighted by atomic mass is 16.1. The zero-order valence-electron chi connectivity index (χ0n) is 16.9. The number of pyridine rings is 1. The lowest BCUT2D eigenvalue weighted by atomic mass is 9.81. The Morgan fingerprint density at radius 2 is 2.07 bits per heavy atom. The minimum Gasteiger partial charge on any atom is -0.356 e. The van der Waals surface area contributed by atoms with E-state index in [4.69, 9.17) is 0 Å². The first-order valence-corrected chi connectivity index (χ1v) is 10.4. The topological polar surface area (TPSA) is 94.2 Å². The Morgan fingerprint density at radius 1 is 1.25 bits per heavy atom. The van der Waals surface area contributed by atoms with E-state index in [2.05, 4.69) is 37.8 Å². The number of nitrogens with one attached hydrogen (secondary N) is 4. The monoisotopic (exact) mass is 384 g/mol. The summed E-state index contributed by atoms with van der Waals surface area (Å²) in [5.41, 5.74) is 1.63. The van der Waals surface area contributed by atoms with Gasteiger partial charge in [-0.15, -0.1) is 0 Å². The van der Waals surface area contributed by atoms with Crippen molar-refractivity contribution in [2.75, 3.05) is 25.5 Å². The van der Waals surface area contributed by atoms with E-state index in [0.29, 0.717) is 5.92 Å². The van der Waals surface area contributed by atoms with Crippen molar-refractivity contribution in [1.29, 1.82) is 0 Å². The second-order valence-electron chi connectivity index (χ2n) is 7.54. The number of carbonyl (C=O) groups excluding carboxylic acids is 1. The van der Waals surface area contributed by atoms with Gasteiger partial charge in [0.1, 0.15) is 5.65 Å². The number of fused-ring (bicyclic) bond motifs is 1. The van der Waals surface area contributed by atoms with Crippen LogP contribution in [0.5, 0.6) is 0 Å². The van der Waals surface area contributed by atoms with Crippen LogP contribution in [0.2, 0.25) is 0 Å². The van der Waals surface area contributed by atoms with Crippen LogP contribution in [0.1, 0.15) is 45.4 Å². The van der Waals surface area contributed by atoms with E-state index >= 15 is 0 Å². The molecule has 152 valence electrons. The van der Waals surface area contributed by atoms with Crippen molar-refractivity contribution in [1.82, 2.24) is 20.6 Å². The number of H-pyrrole nitrogens is 1. The summed E-state index contributed by atoms with van der Waals surface area (Å²) >= 11 is 0. The molecule has 0 aliphatic heterocycles. The summed E-state index contributed by atoms with van der Waals surface area (Å²) < 4.78 is 0. The van der Waals surface area contributed by atoms with Crippen LogP contribution in [0.4, 0.5) is 5.69 Å². The van der Waals surface area contributed by atoms with Crippen molar-refractivity contribution in [2.24, 2.45) is 16.8 Å². The third kappa shape index (κ3) is 5.24. The predicted octanol–water partition coefficient (Wildman–Crippen LogP) is 3.27. The Balaban J connectivity index is 1.43. The van der Waals surface area contributed by atoms with Crippen LogP contribution in [-0.4, -0.2) is 42.0 Å². The SMILES string of the molecule is CCCCNC(=NC)NCC1CCC(C(=O)Nc2ccnc3[nH]ccc23)CC1. The van der Waals surface area contributed by atoms with E-state index in [1.54, 1.807) is 6.20 Å². The molecule has 3 rings (SSSR count). The maximum absolute atomic E-state index is 12.7. The van der Waals surface area contributed by atoms with Gasteiger partial charge in [0.2, 0.25) is 5.91 Å². The molecule has 1 aliphatic carbocycles. The molecule has 2 aromatic heterocycles. The molecule has 1 aliphatic rings. The maximum atomic E-state index is 12.7. The fraction of sp³-hybridized carbons (Fsp3) is 0.571. The lowest BCUT2D eigenvalue weighted by molar-refractivity contribution is -0.121. The fourth-order valence-electron chi connectivity index (χ4n) is 3.78. The van der Waals surface area contributed by atoms with Gasteiger partial charge in [-0.2, -0.15) is 0 Å². The number of unbranched alkanes of at least 4 members (excludes halogenated alkanes) is 1. The normalized spacial score (nSPS) is 20.1. The van der Waals surface area contributed by atoms with E-state index in [9.17, 15) is 4.79 Å². The summed E-state index contributed by atoms with van der Waals surface area (Å²) in [6.07, 6.45) is 9.87. The summed E-state index contributed by atoms with van der Waals surface area (Å²) in [5.74, 6) is 1.67. The van der Waals surface area contributed by atoms with Crippen molar-refractivity contribution >= 4 is 28.6 Å². The second-order valence-corrected chi connectivity index (χ2v) is 7.54. The minimum atomic E-state index is 0.0837.